The second kappa shape index (κ2) is 6.84. The van der Waals surface area contributed by atoms with Gasteiger partial charge in [0.2, 0.25) is 0 Å². The molecule has 1 atom stereocenters. The molecule has 1 amide bonds. The van der Waals surface area contributed by atoms with Gasteiger partial charge < -0.3 is 9.47 Å². The van der Waals surface area contributed by atoms with Crippen molar-refractivity contribution in [2.24, 2.45) is 5.92 Å². The fourth-order valence-electron chi connectivity index (χ4n) is 3.50. The molecule has 4 nitrogen and oxygen atoms in total. The monoisotopic (exact) mass is 351 g/mol. The number of rotatable bonds is 4. The Labute approximate surface area is 151 Å². The second-order valence-electron chi connectivity index (χ2n) is 6.62. The van der Waals surface area contributed by atoms with Crippen LogP contribution >= 0.6 is 11.3 Å². The first-order valence-electron chi connectivity index (χ1n) is 8.61. The summed E-state index contributed by atoms with van der Waals surface area (Å²) in [5.74, 6) is 1.65. The van der Waals surface area contributed by atoms with E-state index in [1.165, 1.54) is 5.69 Å². The highest BCUT2D eigenvalue weighted by atomic mass is 32.1. The van der Waals surface area contributed by atoms with Crippen molar-refractivity contribution < 1.29 is 4.79 Å². The fourth-order valence-corrected chi connectivity index (χ4v) is 4.13. The first-order chi connectivity index (χ1) is 12.2. The quantitative estimate of drug-likeness (QED) is 0.710. The van der Waals surface area contributed by atoms with Gasteiger partial charge in [-0.3, -0.25) is 4.79 Å². The van der Waals surface area contributed by atoms with Crippen LogP contribution in [0.1, 0.15) is 22.5 Å². The topological polar surface area (TPSA) is 38.1 Å². The van der Waals surface area contributed by atoms with Crippen molar-refractivity contribution >= 4 is 17.2 Å². The van der Waals surface area contributed by atoms with E-state index in [1.54, 1.807) is 11.3 Å². The number of aromatic nitrogens is 2. The number of likely N-dealkylation sites (tertiary alicyclic amines) is 1. The molecule has 1 aromatic carbocycles. The minimum absolute atomic E-state index is 0.161. The standard InChI is InChI=1S/C20H21N3OS/c1-15-11-21-19(17-5-3-2-4-6-17)23(15)13-16-7-9-22(12-16)20(24)18-8-10-25-14-18/h2-6,8,10-11,14,16H,7,9,12-13H2,1H3. The predicted molar refractivity (Wildman–Crippen MR) is 101 cm³/mol. The Balaban J connectivity index is 1.49. The smallest absolute Gasteiger partial charge is 0.254 e. The van der Waals surface area contributed by atoms with E-state index < -0.39 is 0 Å². The SMILES string of the molecule is Cc1cnc(-c2ccccc2)n1CC1CCN(C(=O)c2ccsc2)C1. The molecule has 0 spiro atoms. The van der Waals surface area contributed by atoms with Gasteiger partial charge in [0, 0.05) is 42.5 Å². The summed E-state index contributed by atoms with van der Waals surface area (Å²) < 4.78 is 2.29. The zero-order valence-electron chi connectivity index (χ0n) is 14.3. The lowest BCUT2D eigenvalue weighted by Crippen LogP contribution is -2.29. The van der Waals surface area contributed by atoms with Gasteiger partial charge >= 0.3 is 0 Å². The summed E-state index contributed by atoms with van der Waals surface area (Å²) in [6, 6.07) is 12.2. The van der Waals surface area contributed by atoms with Gasteiger partial charge in [-0.15, -0.1) is 0 Å². The molecule has 0 N–H and O–H groups in total. The van der Waals surface area contributed by atoms with Crippen molar-refractivity contribution in [3.05, 3.63) is 64.6 Å². The van der Waals surface area contributed by atoms with Crippen molar-refractivity contribution in [2.45, 2.75) is 19.9 Å². The number of aryl methyl sites for hydroxylation is 1. The first-order valence-corrected chi connectivity index (χ1v) is 9.55. The normalized spacial score (nSPS) is 17.2. The number of hydrogen-bond acceptors (Lipinski definition) is 3. The molecule has 4 rings (SSSR count). The second-order valence-corrected chi connectivity index (χ2v) is 7.40. The summed E-state index contributed by atoms with van der Waals surface area (Å²) in [4.78, 5) is 19.1. The maximum atomic E-state index is 12.5. The molecule has 0 saturated carbocycles. The molecule has 2 aromatic heterocycles. The Morgan fingerprint density at radius 1 is 1.28 bits per heavy atom. The third-order valence-corrected chi connectivity index (χ3v) is 5.55. The lowest BCUT2D eigenvalue weighted by molar-refractivity contribution is 0.0786. The molecule has 1 unspecified atom stereocenters. The van der Waals surface area contributed by atoms with Crippen LogP contribution < -0.4 is 0 Å². The maximum Gasteiger partial charge on any atom is 0.254 e. The molecule has 1 aliphatic heterocycles. The van der Waals surface area contributed by atoms with Gasteiger partial charge in [0.05, 0.1) is 5.56 Å². The number of carbonyl (C=O) groups is 1. The van der Waals surface area contributed by atoms with Gasteiger partial charge in [0.15, 0.2) is 0 Å². The summed E-state index contributed by atoms with van der Waals surface area (Å²) >= 11 is 1.57. The molecule has 3 heterocycles. The van der Waals surface area contributed by atoms with E-state index in [0.717, 1.165) is 43.0 Å². The third-order valence-electron chi connectivity index (χ3n) is 4.87. The van der Waals surface area contributed by atoms with E-state index in [1.807, 2.05) is 46.1 Å². The van der Waals surface area contributed by atoms with Crippen molar-refractivity contribution in [3.8, 4) is 11.4 Å². The number of nitrogens with zero attached hydrogens (tertiary/aromatic N) is 3. The number of imidazole rings is 1. The number of benzene rings is 1. The van der Waals surface area contributed by atoms with Crippen molar-refractivity contribution in [1.29, 1.82) is 0 Å². The highest BCUT2D eigenvalue weighted by molar-refractivity contribution is 7.08. The predicted octanol–water partition coefficient (Wildman–Crippen LogP) is 4.08. The van der Waals surface area contributed by atoms with Crippen LogP contribution in [0.25, 0.3) is 11.4 Å². The molecule has 1 fully saturated rings. The van der Waals surface area contributed by atoms with Crippen LogP contribution in [-0.2, 0) is 6.54 Å². The minimum atomic E-state index is 0.161. The molecular weight excluding hydrogens is 330 g/mol. The number of amides is 1. The van der Waals surface area contributed by atoms with Crippen molar-refractivity contribution in [3.63, 3.8) is 0 Å². The van der Waals surface area contributed by atoms with E-state index in [2.05, 4.69) is 28.6 Å². The Morgan fingerprint density at radius 2 is 2.12 bits per heavy atom. The molecule has 3 aromatic rings. The van der Waals surface area contributed by atoms with Crippen LogP contribution in [0, 0.1) is 12.8 Å². The van der Waals surface area contributed by atoms with Gasteiger partial charge in [-0.25, -0.2) is 4.98 Å². The minimum Gasteiger partial charge on any atom is -0.338 e. The van der Waals surface area contributed by atoms with Crippen LogP contribution in [0.15, 0.2) is 53.4 Å². The highest BCUT2D eigenvalue weighted by Crippen LogP contribution is 2.25. The molecule has 25 heavy (non-hydrogen) atoms. The van der Waals surface area contributed by atoms with Crippen LogP contribution in [0.5, 0.6) is 0 Å². The van der Waals surface area contributed by atoms with Crippen LogP contribution in [-0.4, -0.2) is 33.4 Å². The maximum absolute atomic E-state index is 12.5. The van der Waals surface area contributed by atoms with Gasteiger partial charge in [-0.2, -0.15) is 11.3 Å². The Hall–Kier alpha value is -2.40. The molecule has 0 radical (unpaired) electrons. The van der Waals surface area contributed by atoms with E-state index >= 15 is 0 Å². The molecule has 128 valence electrons. The van der Waals surface area contributed by atoms with E-state index in [0.29, 0.717) is 5.92 Å². The van der Waals surface area contributed by atoms with Gasteiger partial charge in [-0.05, 0) is 30.7 Å². The summed E-state index contributed by atoms with van der Waals surface area (Å²) in [7, 11) is 0. The summed E-state index contributed by atoms with van der Waals surface area (Å²) in [5.41, 5.74) is 3.12. The zero-order valence-corrected chi connectivity index (χ0v) is 15.1. The lowest BCUT2D eigenvalue weighted by atomic mass is 10.1. The lowest BCUT2D eigenvalue weighted by Gasteiger charge is -2.18. The summed E-state index contributed by atoms with van der Waals surface area (Å²) in [6.45, 7) is 4.67. The Kier molecular flexibility index (Phi) is 4.40. The third kappa shape index (κ3) is 3.24. The molecular formula is C20H21N3OS. The van der Waals surface area contributed by atoms with Gasteiger partial charge in [0.1, 0.15) is 5.82 Å². The van der Waals surface area contributed by atoms with Crippen LogP contribution in [0.3, 0.4) is 0 Å². The molecule has 1 aliphatic rings. The molecule has 0 bridgehead atoms. The molecule has 0 aliphatic carbocycles. The van der Waals surface area contributed by atoms with E-state index in [4.69, 9.17) is 0 Å². The average Bonchev–Trinajstić information content (AvgIpc) is 3.38. The van der Waals surface area contributed by atoms with Gasteiger partial charge in [0.25, 0.3) is 5.91 Å². The zero-order chi connectivity index (χ0) is 17.2. The Bertz CT molecular complexity index is 854. The van der Waals surface area contributed by atoms with E-state index in [-0.39, 0.29) is 5.91 Å². The van der Waals surface area contributed by atoms with Crippen molar-refractivity contribution in [1.82, 2.24) is 14.5 Å². The molecule has 5 heteroatoms. The van der Waals surface area contributed by atoms with Gasteiger partial charge in [-0.1, -0.05) is 30.3 Å². The molecule has 1 saturated heterocycles. The largest absolute Gasteiger partial charge is 0.338 e. The highest BCUT2D eigenvalue weighted by Gasteiger charge is 2.28. The number of thiophene rings is 1. The summed E-state index contributed by atoms with van der Waals surface area (Å²) in [5, 5.41) is 3.89. The Morgan fingerprint density at radius 3 is 2.88 bits per heavy atom. The van der Waals surface area contributed by atoms with E-state index in [9.17, 15) is 4.79 Å². The summed E-state index contributed by atoms with van der Waals surface area (Å²) in [6.07, 6.45) is 2.98. The van der Waals surface area contributed by atoms with Crippen LogP contribution in [0.4, 0.5) is 0 Å². The van der Waals surface area contributed by atoms with Crippen molar-refractivity contribution in [2.75, 3.05) is 13.1 Å². The van der Waals surface area contributed by atoms with Crippen LogP contribution in [0.2, 0.25) is 0 Å². The fraction of sp³-hybridized carbons (Fsp3) is 0.300. The first kappa shape index (κ1) is 16.1. The number of hydrogen-bond donors (Lipinski definition) is 0. The average molecular weight is 351 g/mol. The number of carbonyl (C=O) groups excluding carboxylic acids is 1.